The van der Waals surface area contributed by atoms with Gasteiger partial charge in [0.1, 0.15) is 5.76 Å². The van der Waals surface area contributed by atoms with Crippen molar-refractivity contribution < 1.29 is 13.9 Å². The second kappa shape index (κ2) is 7.12. The van der Waals surface area contributed by atoms with Gasteiger partial charge in [-0.05, 0) is 42.7 Å². The topological polar surface area (TPSA) is 51.5 Å². The van der Waals surface area contributed by atoms with Crippen LogP contribution in [0.25, 0.3) is 0 Å². The van der Waals surface area contributed by atoms with E-state index in [9.17, 15) is 4.79 Å². The van der Waals surface area contributed by atoms with Crippen LogP contribution < -0.4 is 5.32 Å². The molecule has 0 aromatic carbocycles. The van der Waals surface area contributed by atoms with E-state index >= 15 is 0 Å². The lowest BCUT2D eigenvalue weighted by Gasteiger charge is -2.37. The molecule has 3 atom stereocenters. The molecule has 118 valence electrons. The van der Waals surface area contributed by atoms with Gasteiger partial charge in [0, 0.05) is 6.04 Å². The Balaban J connectivity index is 1.93. The molecule has 4 heteroatoms. The van der Waals surface area contributed by atoms with E-state index in [2.05, 4.69) is 30.8 Å². The summed E-state index contributed by atoms with van der Waals surface area (Å²) in [6.07, 6.45) is 3.84. The van der Waals surface area contributed by atoms with Crippen LogP contribution in [0, 0.1) is 17.8 Å². The maximum atomic E-state index is 11.4. The molecule has 1 aromatic rings. The second-order valence-corrected chi connectivity index (χ2v) is 6.57. The molecule has 1 saturated carbocycles. The summed E-state index contributed by atoms with van der Waals surface area (Å²) in [5, 5.41) is 3.62. The van der Waals surface area contributed by atoms with Gasteiger partial charge in [-0.25, -0.2) is 4.79 Å². The highest BCUT2D eigenvalue weighted by molar-refractivity contribution is 5.86. The predicted molar refractivity (Wildman–Crippen MR) is 82.0 cm³/mol. The minimum atomic E-state index is -0.424. The van der Waals surface area contributed by atoms with Gasteiger partial charge in [-0.2, -0.15) is 0 Å². The molecule has 0 amide bonds. The first-order valence-corrected chi connectivity index (χ1v) is 7.91. The highest BCUT2D eigenvalue weighted by Gasteiger charge is 2.30. The molecule has 0 saturated heterocycles. The summed E-state index contributed by atoms with van der Waals surface area (Å²) in [5.41, 5.74) is 0. The van der Waals surface area contributed by atoms with Crippen LogP contribution in [0.2, 0.25) is 0 Å². The minimum absolute atomic E-state index is 0.270. The van der Waals surface area contributed by atoms with Crippen LogP contribution in [0.3, 0.4) is 0 Å². The molecule has 0 bridgehead atoms. The summed E-state index contributed by atoms with van der Waals surface area (Å²) in [6.45, 7) is 7.60. The van der Waals surface area contributed by atoms with Crippen molar-refractivity contribution in [1.82, 2.24) is 5.32 Å². The summed E-state index contributed by atoms with van der Waals surface area (Å²) in [6, 6.07) is 4.04. The quantitative estimate of drug-likeness (QED) is 0.842. The van der Waals surface area contributed by atoms with Crippen molar-refractivity contribution in [2.75, 3.05) is 7.11 Å². The molecule has 0 radical (unpaired) electrons. The summed E-state index contributed by atoms with van der Waals surface area (Å²) in [4.78, 5) is 11.4. The molecule has 1 fully saturated rings. The van der Waals surface area contributed by atoms with E-state index in [1.165, 1.54) is 26.4 Å². The molecular formula is C17H27NO3. The number of furan rings is 1. The van der Waals surface area contributed by atoms with Crippen LogP contribution in [0.15, 0.2) is 16.5 Å². The fourth-order valence-electron chi connectivity index (χ4n) is 3.35. The highest BCUT2D eigenvalue weighted by atomic mass is 16.5. The number of nitrogens with one attached hydrogen (secondary N) is 1. The maximum Gasteiger partial charge on any atom is 0.373 e. The third-order valence-corrected chi connectivity index (χ3v) is 4.61. The molecule has 1 N–H and O–H groups in total. The van der Waals surface area contributed by atoms with Crippen molar-refractivity contribution in [2.45, 2.75) is 52.6 Å². The SMILES string of the molecule is COC(=O)c1ccc(CNC2CC(C)CCC2C(C)C)o1. The molecule has 21 heavy (non-hydrogen) atoms. The lowest BCUT2D eigenvalue weighted by Crippen LogP contribution is -2.42. The van der Waals surface area contributed by atoms with Gasteiger partial charge < -0.3 is 14.5 Å². The monoisotopic (exact) mass is 293 g/mol. The average molecular weight is 293 g/mol. The molecular weight excluding hydrogens is 266 g/mol. The van der Waals surface area contributed by atoms with Crippen molar-refractivity contribution in [3.05, 3.63) is 23.7 Å². The number of hydrogen-bond donors (Lipinski definition) is 1. The lowest BCUT2D eigenvalue weighted by molar-refractivity contribution is 0.0562. The second-order valence-electron chi connectivity index (χ2n) is 6.57. The fourth-order valence-corrected chi connectivity index (χ4v) is 3.35. The minimum Gasteiger partial charge on any atom is -0.463 e. The number of methoxy groups -OCH3 is 1. The molecule has 1 aliphatic carbocycles. The Morgan fingerprint density at radius 2 is 2.19 bits per heavy atom. The van der Waals surface area contributed by atoms with Crippen LogP contribution >= 0.6 is 0 Å². The van der Waals surface area contributed by atoms with E-state index in [1.54, 1.807) is 6.07 Å². The molecule has 3 unspecified atom stereocenters. The Morgan fingerprint density at radius 1 is 1.43 bits per heavy atom. The van der Waals surface area contributed by atoms with Crippen LogP contribution in [0.5, 0.6) is 0 Å². The Kier molecular flexibility index (Phi) is 5.45. The smallest absolute Gasteiger partial charge is 0.373 e. The largest absolute Gasteiger partial charge is 0.463 e. The van der Waals surface area contributed by atoms with Crippen molar-refractivity contribution in [1.29, 1.82) is 0 Å². The molecule has 1 aromatic heterocycles. The van der Waals surface area contributed by atoms with Crippen LogP contribution in [0.1, 0.15) is 56.3 Å². The Morgan fingerprint density at radius 3 is 2.86 bits per heavy atom. The lowest BCUT2D eigenvalue weighted by atomic mass is 9.74. The van der Waals surface area contributed by atoms with E-state index in [0.717, 1.165) is 17.6 Å². The molecule has 0 spiro atoms. The van der Waals surface area contributed by atoms with E-state index in [0.29, 0.717) is 18.5 Å². The summed E-state index contributed by atoms with van der Waals surface area (Å²) >= 11 is 0. The van der Waals surface area contributed by atoms with Gasteiger partial charge in [0.05, 0.1) is 13.7 Å². The standard InChI is InChI=1S/C17H27NO3/c1-11(2)14-7-5-12(3)9-15(14)18-10-13-6-8-16(21-13)17(19)20-4/h6,8,11-12,14-15,18H,5,7,9-10H2,1-4H3. The van der Waals surface area contributed by atoms with Gasteiger partial charge in [-0.1, -0.05) is 27.2 Å². The van der Waals surface area contributed by atoms with E-state index < -0.39 is 5.97 Å². The van der Waals surface area contributed by atoms with Gasteiger partial charge >= 0.3 is 5.97 Å². The number of ether oxygens (including phenoxy) is 1. The van der Waals surface area contributed by atoms with Crippen molar-refractivity contribution >= 4 is 5.97 Å². The number of rotatable bonds is 5. The van der Waals surface area contributed by atoms with Gasteiger partial charge in [0.2, 0.25) is 5.76 Å². The van der Waals surface area contributed by atoms with E-state index in [1.807, 2.05) is 6.07 Å². The summed E-state index contributed by atoms with van der Waals surface area (Å²) < 4.78 is 10.2. The van der Waals surface area contributed by atoms with Crippen LogP contribution in [0.4, 0.5) is 0 Å². The average Bonchev–Trinajstić information content (AvgIpc) is 2.93. The van der Waals surface area contributed by atoms with E-state index in [4.69, 9.17) is 4.42 Å². The summed E-state index contributed by atoms with van der Waals surface area (Å²) in [7, 11) is 1.36. The predicted octanol–water partition coefficient (Wildman–Crippen LogP) is 3.62. The Hall–Kier alpha value is -1.29. The number of carbonyl (C=O) groups excluding carboxylic acids is 1. The van der Waals surface area contributed by atoms with E-state index in [-0.39, 0.29) is 5.76 Å². The van der Waals surface area contributed by atoms with Crippen molar-refractivity contribution in [3.63, 3.8) is 0 Å². The zero-order valence-corrected chi connectivity index (χ0v) is 13.5. The van der Waals surface area contributed by atoms with Gasteiger partial charge in [-0.15, -0.1) is 0 Å². The molecule has 1 aliphatic rings. The van der Waals surface area contributed by atoms with Gasteiger partial charge in [0.25, 0.3) is 0 Å². The third kappa shape index (κ3) is 4.10. The van der Waals surface area contributed by atoms with Gasteiger partial charge in [-0.3, -0.25) is 0 Å². The Bertz CT molecular complexity index is 466. The first-order valence-electron chi connectivity index (χ1n) is 7.91. The molecule has 4 nitrogen and oxygen atoms in total. The van der Waals surface area contributed by atoms with Crippen molar-refractivity contribution in [2.24, 2.45) is 17.8 Å². The molecule has 1 heterocycles. The van der Waals surface area contributed by atoms with Crippen molar-refractivity contribution in [3.8, 4) is 0 Å². The zero-order valence-electron chi connectivity index (χ0n) is 13.5. The highest BCUT2D eigenvalue weighted by Crippen LogP contribution is 2.33. The third-order valence-electron chi connectivity index (χ3n) is 4.61. The Labute approximate surface area is 127 Å². The molecule has 2 rings (SSSR count). The van der Waals surface area contributed by atoms with Gasteiger partial charge in [0.15, 0.2) is 0 Å². The molecule has 0 aliphatic heterocycles. The van der Waals surface area contributed by atoms with Crippen LogP contribution in [-0.2, 0) is 11.3 Å². The first-order chi connectivity index (χ1) is 10.0. The number of esters is 1. The normalized spacial score (nSPS) is 26.0. The zero-order chi connectivity index (χ0) is 15.4. The maximum absolute atomic E-state index is 11.4. The summed E-state index contributed by atoms with van der Waals surface area (Å²) in [5.74, 6) is 2.82. The van der Waals surface area contributed by atoms with Crippen LogP contribution in [-0.4, -0.2) is 19.1 Å². The number of carbonyl (C=O) groups is 1. The number of hydrogen-bond acceptors (Lipinski definition) is 4. The fraction of sp³-hybridized carbons (Fsp3) is 0.706. The first kappa shape index (κ1) is 16.1.